The Bertz CT molecular complexity index is 724. The van der Waals surface area contributed by atoms with E-state index in [9.17, 15) is 19.5 Å². The van der Waals surface area contributed by atoms with E-state index in [0.717, 1.165) is 5.56 Å². The van der Waals surface area contributed by atoms with E-state index in [1.807, 2.05) is 37.3 Å². The second-order valence-electron chi connectivity index (χ2n) is 6.50. The highest BCUT2D eigenvalue weighted by atomic mass is 32.2. The molecule has 1 aromatic rings. The molecule has 7 heteroatoms. The van der Waals surface area contributed by atoms with Crippen molar-refractivity contribution >= 4 is 29.5 Å². The third kappa shape index (κ3) is 1.80. The molecule has 3 aliphatic rings. The van der Waals surface area contributed by atoms with Crippen LogP contribution in [0.25, 0.3) is 0 Å². The van der Waals surface area contributed by atoms with Gasteiger partial charge in [-0.2, -0.15) is 0 Å². The molecule has 4 atom stereocenters. The van der Waals surface area contributed by atoms with Crippen molar-refractivity contribution in [2.75, 3.05) is 0 Å². The van der Waals surface area contributed by atoms with Crippen molar-refractivity contribution in [3.05, 3.63) is 35.9 Å². The first-order valence-corrected chi connectivity index (χ1v) is 8.35. The number of β-lactam (4-membered cyclic amide) rings is 1. The molecule has 4 unspecified atom stereocenters. The molecule has 6 nitrogen and oxygen atoms in total. The number of carboxylic acids is 1. The van der Waals surface area contributed by atoms with Crippen LogP contribution in [0, 0.1) is 0 Å². The van der Waals surface area contributed by atoms with Gasteiger partial charge in [-0.05, 0) is 12.5 Å². The number of carboxylic acid groups (broad SMARTS) is 1. The van der Waals surface area contributed by atoms with Crippen LogP contribution in [0.3, 0.4) is 0 Å². The standard InChI is InChI=1S/C16H16N2O4S/c1-15-8-16(15,14(21)22)18-12(20)11(13(18)23-15)17-10(19)7-9-5-3-2-4-6-9/h2-6,11,13H,7-8H2,1H3,(H,17,19)(H,21,22). The number of fused-ring (bicyclic) bond motifs is 3. The Kier molecular flexibility index (Phi) is 2.85. The Morgan fingerprint density at radius 1 is 1.39 bits per heavy atom. The molecule has 1 aliphatic carbocycles. The molecule has 0 bridgehead atoms. The summed E-state index contributed by atoms with van der Waals surface area (Å²) >= 11 is 1.49. The first-order valence-electron chi connectivity index (χ1n) is 7.47. The Hall–Kier alpha value is -2.02. The number of rotatable bonds is 4. The van der Waals surface area contributed by atoms with Gasteiger partial charge in [0.1, 0.15) is 11.4 Å². The Balaban J connectivity index is 1.44. The lowest BCUT2D eigenvalue weighted by atomic mass is 10.0. The highest BCUT2D eigenvalue weighted by Gasteiger charge is 2.85. The van der Waals surface area contributed by atoms with Crippen LogP contribution in [-0.2, 0) is 20.8 Å². The molecular formula is C16H16N2O4S. The zero-order valence-corrected chi connectivity index (χ0v) is 13.3. The molecule has 2 heterocycles. The van der Waals surface area contributed by atoms with E-state index in [1.165, 1.54) is 16.7 Å². The minimum atomic E-state index is -1.07. The zero-order valence-electron chi connectivity index (χ0n) is 12.5. The monoisotopic (exact) mass is 332 g/mol. The smallest absolute Gasteiger partial charge is 0.331 e. The number of benzene rings is 1. The molecule has 1 saturated carbocycles. The van der Waals surface area contributed by atoms with E-state index >= 15 is 0 Å². The van der Waals surface area contributed by atoms with Gasteiger partial charge in [-0.3, -0.25) is 9.59 Å². The van der Waals surface area contributed by atoms with Crippen LogP contribution in [0.2, 0.25) is 0 Å². The molecular weight excluding hydrogens is 316 g/mol. The summed E-state index contributed by atoms with van der Waals surface area (Å²) in [6.07, 6.45) is 0.691. The molecule has 2 aliphatic heterocycles. The van der Waals surface area contributed by atoms with Crippen molar-refractivity contribution in [1.29, 1.82) is 0 Å². The lowest BCUT2D eigenvalue weighted by molar-refractivity contribution is -0.163. The van der Waals surface area contributed by atoms with Gasteiger partial charge in [0.05, 0.1) is 11.2 Å². The van der Waals surface area contributed by atoms with Crippen LogP contribution in [-0.4, -0.2) is 49.5 Å². The summed E-state index contributed by atoms with van der Waals surface area (Å²) in [5, 5.41) is 12.0. The maximum atomic E-state index is 12.4. The van der Waals surface area contributed by atoms with Gasteiger partial charge in [0.15, 0.2) is 5.54 Å². The molecule has 2 N–H and O–H groups in total. The fourth-order valence-corrected chi connectivity index (χ4v) is 5.64. The van der Waals surface area contributed by atoms with Crippen LogP contribution >= 0.6 is 11.8 Å². The summed E-state index contributed by atoms with van der Waals surface area (Å²) in [6.45, 7) is 1.88. The van der Waals surface area contributed by atoms with Gasteiger partial charge in [-0.15, -0.1) is 11.8 Å². The van der Waals surface area contributed by atoms with E-state index < -0.39 is 22.3 Å². The summed E-state index contributed by atoms with van der Waals surface area (Å²) in [4.78, 5) is 37.5. The topological polar surface area (TPSA) is 86.7 Å². The van der Waals surface area contributed by atoms with Crippen LogP contribution in [0.1, 0.15) is 18.9 Å². The van der Waals surface area contributed by atoms with Gasteiger partial charge in [0.25, 0.3) is 0 Å². The van der Waals surface area contributed by atoms with E-state index in [0.29, 0.717) is 6.42 Å². The van der Waals surface area contributed by atoms with Crippen LogP contribution in [0.5, 0.6) is 0 Å². The molecule has 0 radical (unpaired) electrons. The number of amides is 2. The van der Waals surface area contributed by atoms with Crippen molar-refractivity contribution in [1.82, 2.24) is 10.2 Å². The van der Waals surface area contributed by atoms with Crippen molar-refractivity contribution in [3.63, 3.8) is 0 Å². The third-order valence-electron chi connectivity index (χ3n) is 5.06. The lowest BCUT2D eigenvalue weighted by Gasteiger charge is -2.45. The fourth-order valence-electron chi connectivity index (χ4n) is 3.72. The number of nitrogens with zero attached hydrogens (tertiary/aromatic N) is 1. The highest BCUT2D eigenvalue weighted by molar-refractivity contribution is 8.02. The normalized spacial score (nSPS) is 36.7. The number of carbonyl (C=O) groups excluding carboxylic acids is 2. The average molecular weight is 332 g/mol. The summed E-state index contributed by atoms with van der Waals surface area (Å²) in [7, 11) is 0. The molecule has 2 saturated heterocycles. The predicted octanol–water partition coefficient (Wildman–Crippen LogP) is 0.615. The number of thioether (sulfide) groups is 1. The molecule has 0 spiro atoms. The molecule has 4 rings (SSSR count). The minimum absolute atomic E-state index is 0.212. The fraction of sp³-hybridized carbons (Fsp3) is 0.438. The summed E-state index contributed by atoms with van der Waals surface area (Å²) in [5.41, 5.74) is -0.190. The number of aliphatic carboxylic acids is 1. The Morgan fingerprint density at radius 2 is 2.09 bits per heavy atom. The summed E-state index contributed by atoms with van der Waals surface area (Å²) < 4.78 is -0.432. The van der Waals surface area contributed by atoms with Crippen LogP contribution in [0.4, 0.5) is 0 Å². The quantitative estimate of drug-likeness (QED) is 0.789. The van der Waals surface area contributed by atoms with Crippen molar-refractivity contribution in [3.8, 4) is 0 Å². The molecule has 1 aromatic carbocycles. The molecule has 3 fully saturated rings. The lowest BCUT2D eigenvalue weighted by Crippen LogP contribution is -2.72. The second-order valence-corrected chi connectivity index (χ2v) is 8.12. The summed E-state index contributed by atoms with van der Waals surface area (Å²) in [6, 6.07) is 8.69. The average Bonchev–Trinajstić information content (AvgIpc) is 3.04. The van der Waals surface area contributed by atoms with Gasteiger partial charge in [0, 0.05) is 6.42 Å². The third-order valence-corrected chi connectivity index (χ3v) is 6.78. The minimum Gasteiger partial charge on any atom is -0.479 e. The largest absolute Gasteiger partial charge is 0.479 e. The molecule has 0 aromatic heterocycles. The van der Waals surface area contributed by atoms with E-state index in [2.05, 4.69) is 5.32 Å². The van der Waals surface area contributed by atoms with E-state index in [-0.39, 0.29) is 23.6 Å². The van der Waals surface area contributed by atoms with E-state index in [4.69, 9.17) is 0 Å². The highest BCUT2D eigenvalue weighted by Crippen LogP contribution is 2.71. The maximum absolute atomic E-state index is 12.4. The zero-order chi connectivity index (χ0) is 16.4. The van der Waals surface area contributed by atoms with Crippen LogP contribution in [0.15, 0.2) is 30.3 Å². The number of hydrogen-bond acceptors (Lipinski definition) is 4. The molecule has 2 amide bonds. The number of hydrogen-bond donors (Lipinski definition) is 2. The molecule has 120 valence electrons. The van der Waals surface area contributed by atoms with Crippen molar-refractivity contribution in [2.45, 2.75) is 41.5 Å². The predicted molar refractivity (Wildman–Crippen MR) is 83.7 cm³/mol. The van der Waals surface area contributed by atoms with Gasteiger partial charge in [-0.25, -0.2) is 4.79 Å². The van der Waals surface area contributed by atoms with Crippen molar-refractivity contribution < 1.29 is 19.5 Å². The SMILES string of the molecule is CC12CC1(C(=O)O)N1C(=O)C(NC(=O)Cc3ccccc3)C1S2. The van der Waals surface area contributed by atoms with Gasteiger partial charge in [0.2, 0.25) is 11.8 Å². The number of carbonyl (C=O) groups is 3. The molecule has 23 heavy (non-hydrogen) atoms. The van der Waals surface area contributed by atoms with Gasteiger partial charge in [-0.1, -0.05) is 30.3 Å². The van der Waals surface area contributed by atoms with E-state index in [1.54, 1.807) is 0 Å². The van der Waals surface area contributed by atoms with Crippen LogP contribution < -0.4 is 5.32 Å². The van der Waals surface area contributed by atoms with Gasteiger partial charge >= 0.3 is 5.97 Å². The summed E-state index contributed by atoms with van der Waals surface area (Å²) in [5.74, 6) is -1.45. The second kappa shape index (κ2) is 4.50. The number of nitrogens with one attached hydrogen (secondary N) is 1. The first kappa shape index (κ1) is 14.6. The first-order chi connectivity index (χ1) is 10.9. The Labute approximate surface area is 137 Å². The Morgan fingerprint density at radius 3 is 2.74 bits per heavy atom. The van der Waals surface area contributed by atoms with Crippen molar-refractivity contribution in [2.24, 2.45) is 0 Å². The maximum Gasteiger partial charge on any atom is 0.331 e. The van der Waals surface area contributed by atoms with Gasteiger partial charge < -0.3 is 15.3 Å².